The van der Waals surface area contributed by atoms with Crippen LogP contribution in [0.15, 0.2) is 22.7 Å². The number of nitrogens with two attached hydrogens (primary N) is 1. The summed E-state index contributed by atoms with van der Waals surface area (Å²) in [6.45, 7) is 2.23. The first-order valence-electron chi connectivity index (χ1n) is 6.12. The number of anilines is 2. The Bertz CT molecular complexity index is 384. The molecule has 1 aliphatic rings. The van der Waals surface area contributed by atoms with Crippen LogP contribution in [0.3, 0.4) is 0 Å². The summed E-state index contributed by atoms with van der Waals surface area (Å²) in [7, 11) is 0. The second-order valence-electron chi connectivity index (χ2n) is 4.46. The number of thioether (sulfide) groups is 1. The van der Waals surface area contributed by atoms with Crippen molar-refractivity contribution in [2.75, 3.05) is 16.8 Å². The monoisotopic (exact) mass is 314 g/mol. The molecular formula is C13H19BrN2S. The summed E-state index contributed by atoms with van der Waals surface area (Å²) >= 11 is 5.56. The number of hydrogen-bond donors (Lipinski definition) is 2. The molecule has 94 valence electrons. The largest absolute Gasteiger partial charge is 0.397 e. The van der Waals surface area contributed by atoms with Crippen LogP contribution in [0.1, 0.15) is 26.2 Å². The molecule has 1 aromatic carbocycles. The minimum atomic E-state index is 0.579. The van der Waals surface area contributed by atoms with Gasteiger partial charge in [-0.1, -0.05) is 22.9 Å². The van der Waals surface area contributed by atoms with Crippen molar-refractivity contribution < 1.29 is 0 Å². The van der Waals surface area contributed by atoms with Gasteiger partial charge in [-0.25, -0.2) is 0 Å². The van der Waals surface area contributed by atoms with Gasteiger partial charge in [-0.3, -0.25) is 0 Å². The highest BCUT2D eigenvalue weighted by Gasteiger charge is 2.24. The highest BCUT2D eigenvalue weighted by atomic mass is 79.9. The Labute approximate surface area is 116 Å². The minimum Gasteiger partial charge on any atom is -0.397 e. The predicted octanol–water partition coefficient (Wildman–Crippen LogP) is 4.12. The van der Waals surface area contributed by atoms with Gasteiger partial charge in [0.1, 0.15) is 0 Å². The molecule has 1 saturated carbocycles. The zero-order valence-corrected chi connectivity index (χ0v) is 12.5. The molecule has 0 bridgehead atoms. The van der Waals surface area contributed by atoms with Gasteiger partial charge in [0.15, 0.2) is 0 Å². The summed E-state index contributed by atoms with van der Waals surface area (Å²) in [6.07, 6.45) is 3.83. The van der Waals surface area contributed by atoms with E-state index < -0.39 is 0 Å². The van der Waals surface area contributed by atoms with Crippen LogP contribution in [0.2, 0.25) is 0 Å². The average Bonchev–Trinajstić information content (AvgIpc) is 2.72. The van der Waals surface area contributed by atoms with E-state index in [9.17, 15) is 0 Å². The molecule has 1 fully saturated rings. The number of benzene rings is 1. The van der Waals surface area contributed by atoms with Gasteiger partial charge in [0, 0.05) is 15.8 Å². The fraction of sp³-hybridized carbons (Fsp3) is 0.538. The first kappa shape index (κ1) is 13.1. The minimum absolute atomic E-state index is 0.579. The Morgan fingerprint density at radius 2 is 2.29 bits per heavy atom. The van der Waals surface area contributed by atoms with Gasteiger partial charge in [-0.15, -0.1) is 0 Å². The zero-order valence-electron chi connectivity index (χ0n) is 10.1. The van der Waals surface area contributed by atoms with Crippen LogP contribution in [-0.4, -0.2) is 17.0 Å². The lowest BCUT2D eigenvalue weighted by atomic mass is 10.2. The van der Waals surface area contributed by atoms with E-state index >= 15 is 0 Å². The van der Waals surface area contributed by atoms with Crippen LogP contribution >= 0.6 is 27.7 Å². The van der Waals surface area contributed by atoms with E-state index in [-0.39, 0.29) is 0 Å². The molecular weight excluding hydrogens is 296 g/mol. The first-order chi connectivity index (χ1) is 8.19. The van der Waals surface area contributed by atoms with Crippen LogP contribution in [0.25, 0.3) is 0 Å². The summed E-state index contributed by atoms with van der Waals surface area (Å²) in [6, 6.07) is 6.57. The van der Waals surface area contributed by atoms with Crippen molar-refractivity contribution in [2.45, 2.75) is 37.5 Å². The maximum atomic E-state index is 5.97. The second-order valence-corrected chi connectivity index (χ2v) is 6.96. The summed E-state index contributed by atoms with van der Waals surface area (Å²) in [5, 5.41) is 4.39. The van der Waals surface area contributed by atoms with E-state index in [2.05, 4.69) is 46.0 Å². The molecule has 0 heterocycles. The zero-order chi connectivity index (χ0) is 12.3. The highest BCUT2D eigenvalue weighted by molar-refractivity contribution is 9.10. The molecule has 0 saturated heterocycles. The molecule has 1 aliphatic carbocycles. The lowest BCUT2D eigenvalue weighted by molar-refractivity contribution is 0.757. The Hall–Kier alpha value is -0.350. The van der Waals surface area contributed by atoms with Crippen molar-refractivity contribution in [1.29, 1.82) is 0 Å². The van der Waals surface area contributed by atoms with Crippen LogP contribution in [0.5, 0.6) is 0 Å². The maximum absolute atomic E-state index is 5.97. The fourth-order valence-corrected chi connectivity index (χ4v) is 3.84. The van der Waals surface area contributed by atoms with E-state index in [0.29, 0.717) is 6.04 Å². The summed E-state index contributed by atoms with van der Waals surface area (Å²) in [4.78, 5) is 0. The van der Waals surface area contributed by atoms with Crippen molar-refractivity contribution in [3.05, 3.63) is 22.7 Å². The molecule has 2 nitrogen and oxygen atoms in total. The van der Waals surface area contributed by atoms with Crippen LogP contribution in [0.4, 0.5) is 11.4 Å². The Balaban J connectivity index is 1.95. The topological polar surface area (TPSA) is 38.0 Å². The number of rotatable bonds is 4. The van der Waals surface area contributed by atoms with E-state index in [1.54, 1.807) is 0 Å². The van der Waals surface area contributed by atoms with E-state index in [0.717, 1.165) is 21.1 Å². The lowest BCUT2D eigenvalue weighted by Crippen LogP contribution is -2.17. The molecule has 0 spiro atoms. The molecule has 2 atom stereocenters. The standard InChI is InChI=1S/C13H19BrN2S/c1-2-17-11-5-4-10(8-11)16-13-7-9(14)3-6-12(13)15/h3,6-7,10-11,16H,2,4-5,8,15H2,1H3. The Morgan fingerprint density at radius 3 is 3.06 bits per heavy atom. The summed E-state index contributed by atoms with van der Waals surface area (Å²) in [5.41, 5.74) is 7.87. The van der Waals surface area contributed by atoms with Crippen LogP contribution in [-0.2, 0) is 0 Å². The molecule has 3 N–H and O–H groups in total. The van der Waals surface area contributed by atoms with E-state index in [1.165, 1.54) is 25.0 Å². The predicted molar refractivity (Wildman–Crippen MR) is 81.7 cm³/mol. The Morgan fingerprint density at radius 1 is 1.47 bits per heavy atom. The molecule has 4 heteroatoms. The molecule has 2 rings (SSSR count). The van der Waals surface area contributed by atoms with Crippen LogP contribution in [0, 0.1) is 0 Å². The van der Waals surface area contributed by atoms with Gasteiger partial charge >= 0.3 is 0 Å². The van der Waals surface area contributed by atoms with Crippen molar-refractivity contribution in [3.63, 3.8) is 0 Å². The Kier molecular flexibility index (Phi) is 4.62. The molecule has 0 radical (unpaired) electrons. The number of halogens is 1. The van der Waals surface area contributed by atoms with Gasteiger partial charge in [0.2, 0.25) is 0 Å². The van der Waals surface area contributed by atoms with Gasteiger partial charge in [0.05, 0.1) is 11.4 Å². The quantitative estimate of drug-likeness (QED) is 0.821. The molecule has 17 heavy (non-hydrogen) atoms. The van der Waals surface area contributed by atoms with Gasteiger partial charge in [0.25, 0.3) is 0 Å². The van der Waals surface area contributed by atoms with Crippen LogP contribution < -0.4 is 11.1 Å². The van der Waals surface area contributed by atoms with Crippen molar-refractivity contribution in [2.24, 2.45) is 0 Å². The summed E-state index contributed by atoms with van der Waals surface area (Å²) in [5.74, 6) is 1.22. The van der Waals surface area contributed by atoms with Gasteiger partial charge in [-0.05, 0) is 43.2 Å². The molecule has 0 aromatic heterocycles. The van der Waals surface area contributed by atoms with Gasteiger partial charge in [-0.2, -0.15) is 11.8 Å². The maximum Gasteiger partial charge on any atom is 0.0587 e. The molecule has 2 unspecified atom stereocenters. The fourth-order valence-electron chi connectivity index (χ4n) is 2.33. The smallest absolute Gasteiger partial charge is 0.0587 e. The number of nitrogen functional groups attached to an aromatic ring is 1. The summed E-state index contributed by atoms with van der Waals surface area (Å²) < 4.78 is 1.08. The molecule has 0 amide bonds. The third kappa shape index (κ3) is 3.55. The van der Waals surface area contributed by atoms with Crippen molar-refractivity contribution in [3.8, 4) is 0 Å². The lowest BCUT2D eigenvalue weighted by Gasteiger charge is -2.16. The highest BCUT2D eigenvalue weighted by Crippen LogP contribution is 2.33. The van der Waals surface area contributed by atoms with Crippen molar-refractivity contribution in [1.82, 2.24) is 0 Å². The third-order valence-corrected chi connectivity index (χ3v) is 4.89. The first-order valence-corrected chi connectivity index (χ1v) is 7.96. The number of hydrogen-bond acceptors (Lipinski definition) is 3. The van der Waals surface area contributed by atoms with E-state index in [1.807, 2.05) is 12.1 Å². The van der Waals surface area contributed by atoms with Gasteiger partial charge < -0.3 is 11.1 Å². The third-order valence-electron chi connectivity index (χ3n) is 3.16. The molecule has 1 aromatic rings. The van der Waals surface area contributed by atoms with E-state index in [4.69, 9.17) is 5.73 Å². The molecule has 0 aliphatic heterocycles. The average molecular weight is 315 g/mol. The SMILES string of the molecule is CCSC1CCC(Nc2cc(Br)ccc2N)C1. The van der Waals surface area contributed by atoms with Crippen molar-refractivity contribution >= 4 is 39.1 Å². The normalized spacial score (nSPS) is 23.9. The number of nitrogens with one attached hydrogen (secondary N) is 1. The second kappa shape index (κ2) is 6.01.